The molecule has 0 saturated heterocycles. The molecule has 182 valence electrons. The number of aromatic nitrogens is 3. The SMILES string of the molecule is COc1ccc(-c2c(C#N)c(-c3ccc(Cl)cc3)nc3c2c(-c2ccccc2)nn3-c2ccccc2)cc1. The van der Waals surface area contributed by atoms with Crippen LogP contribution in [0.15, 0.2) is 109 Å². The summed E-state index contributed by atoms with van der Waals surface area (Å²) in [6.45, 7) is 0. The maximum atomic E-state index is 10.6. The highest BCUT2D eigenvalue weighted by Crippen LogP contribution is 2.42. The highest BCUT2D eigenvalue weighted by molar-refractivity contribution is 6.30. The fourth-order valence-corrected chi connectivity index (χ4v) is 4.79. The Hall–Kier alpha value is -4.92. The normalized spacial score (nSPS) is 10.9. The second kappa shape index (κ2) is 9.85. The highest BCUT2D eigenvalue weighted by atomic mass is 35.5. The molecule has 0 aliphatic carbocycles. The van der Waals surface area contributed by atoms with Gasteiger partial charge in [-0.2, -0.15) is 10.4 Å². The first-order valence-electron chi connectivity index (χ1n) is 12.1. The van der Waals surface area contributed by atoms with E-state index in [9.17, 15) is 5.26 Å². The minimum absolute atomic E-state index is 0.467. The predicted octanol–water partition coefficient (Wildman–Crippen LogP) is 7.96. The quantitative estimate of drug-likeness (QED) is 0.235. The number of methoxy groups -OCH3 is 1. The topological polar surface area (TPSA) is 63.7 Å². The lowest BCUT2D eigenvalue weighted by Gasteiger charge is -2.14. The Morgan fingerprint density at radius 3 is 1.97 bits per heavy atom. The van der Waals surface area contributed by atoms with Crippen LogP contribution < -0.4 is 4.74 Å². The van der Waals surface area contributed by atoms with Crippen LogP contribution in [0, 0.1) is 11.3 Å². The van der Waals surface area contributed by atoms with Crippen LogP contribution >= 0.6 is 11.6 Å². The van der Waals surface area contributed by atoms with Crippen molar-refractivity contribution in [2.45, 2.75) is 0 Å². The van der Waals surface area contributed by atoms with E-state index < -0.39 is 0 Å². The van der Waals surface area contributed by atoms with Crippen molar-refractivity contribution in [2.24, 2.45) is 0 Å². The highest BCUT2D eigenvalue weighted by Gasteiger charge is 2.25. The zero-order chi connectivity index (χ0) is 26.1. The van der Waals surface area contributed by atoms with E-state index in [2.05, 4.69) is 6.07 Å². The summed E-state index contributed by atoms with van der Waals surface area (Å²) >= 11 is 6.19. The van der Waals surface area contributed by atoms with E-state index in [1.54, 1.807) is 19.2 Å². The molecule has 0 spiro atoms. The first-order chi connectivity index (χ1) is 18.7. The van der Waals surface area contributed by atoms with Crippen molar-refractivity contribution >= 4 is 22.6 Å². The smallest absolute Gasteiger partial charge is 0.164 e. The zero-order valence-corrected chi connectivity index (χ0v) is 21.2. The summed E-state index contributed by atoms with van der Waals surface area (Å²) in [6, 6.07) is 37.5. The summed E-state index contributed by atoms with van der Waals surface area (Å²) in [6.07, 6.45) is 0. The van der Waals surface area contributed by atoms with Crippen LogP contribution in [0.4, 0.5) is 0 Å². The molecule has 4 aromatic carbocycles. The number of rotatable bonds is 5. The van der Waals surface area contributed by atoms with Gasteiger partial charge in [0.05, 0.1) is 29.4 Å². The minimum Gasteiger partial charge on any atom is -0.497 e. The van der Waals surface area contributed by atoms with Gasteiger partial charge in [0.2, 0.25) is 0 Å². The molecule has 0 radical (unpaired) electrons. The Morgan fingerprint density at radius 2 is 1.34 bits per heavy atom. The summed E-state index contributed by atoms with van der Waals surface area (Å²) in [5, 5.41) is 17.0. The molecule has 2 aromatic heterocycles. The van der Waals surface area contributed by atoms with E-state index in [0.29, 0.717) is 21.9 Å². The molecule has 6 heteroatoms. The first-order valence-corrected chi connectivity index (χ1v) is 12.4. The molecular formula is C32H21ClN4O. The van der Waals surface area contributed by atoms with Crippen molar-refractivity contribution in [3.8, 4) is 51.1 Å². The number of fused-ring (bicyclic) bond motifs is 1. The number of hydrogen-bond acceptors (Lipinski definition) is 4. The molecule has 6 rings (SSSR count). The molecule has 2 heterocycles. The van der Waals surface area contributed by atoms with E-state index in [1.165, 1.54) is 0 Å². The molecular weight excluding hydrogens is 492 g/mol. The Bertz CT molecular complexity index is 1790. The van der Waals surface area contributed by atoms with Gasteiger partial charge in [-0.25, -0.2) is 9.67 Å². The van der Waals surface area contributed by atoms with Gasteiger partial charge >= 0.3 is 0 Å². The fourth-order valence-electron chi connectivity index (χ4n) is 4.67. The molecule has 0 aliphatic heterocycles. The fraction of sp³-hybridized carbons (Fsp3) is 0.0312. The maximum absolute atomic E-state index is 10.6. The molecule has 0 fully saturated rings. The lowest BCUT2D eigenvalue weighted by Crippen LogP contribution is -2.01. The number of ether oxygens (including phenoxy) is 1. The van der Waals surface area contributed by atoms with Crippen LogP contribution in [-0.4, -0.2) is 21.9 Å². The molecule has 38 heavy (non-hydrogen) atoms. The maximum Gasteiger partial charge on any atom is 0.164 e. The van der Waals surface area contributed by atoms with Gasteiger partial charge in [-0.05, 0) is 42.0 Å². The van der Waals surface area contributed by atoms with Crippen molar-refractivity contribution in [2.75, 3.05) is 7.11 Å². The minimum atomic E-state index is 0.467. The average molecular weight is 513 g/mol. The monoisotopic (exact) mass is 512 g/mol. The van der Waals surface area contributed by atoms with Crippen LogP contribution in [0.25, 0.3) is 50.4 Å². The van der Waals surface area contributed by atoms with Gasteiger partial charge in [0.25, 0.3) is 0 Å². The number of hydrogen-bond donors (Lipinski definition) is 0. The van der Waals surface area contributed by atoms with Gasteiger partial charge in [0.1, 0.15) is 17.5 Å². The molecule has 0 aliphatic rings. The zero-order valence-electron chi connectivity index (χ0n) is 20.5. The Balaban J connectivity index is 1.79. The number of para-hydroxylation sites is 1. The van der Waals surface area contributed by atoms with Crippen LogP contribution in [0.2, 0.25) is 5.02 Å². The van der Waals surface area contributed by atoms with E-state index in [-0.39, 0.29) is 0 Å². The third kappa shape index (κ3) is 4.07. The average Bonchev–Trinajstić information content (AvgIpc) is 3.37. The predicted molar refractivity (Wildman–Crippen MR) is 151 cm³/mol. The molecule has 0 unspecified atom stereocenters. The van der Waals surface area contributed by atoms with Crippen molar-refractivity contribution in [3.63, 3.8) is 0 Å². The Labute approximate surface area is 225 Å². The van der Waals surface area contributed by atoms with Gasteiger partial charge in [-0.15, -0.1) is 0 Å². The molecule has 5 nitrogen and oxygen atoms in total. The Morgan fingerprint density at radius 1 is 0.737 bits per heavy atom. The first kappa shape index (κ1) is 23.5. The second-order valence-electron chi connectivity index (χ2n) is 8.72. The van der Waals surface area contributed by atoms with Gasteiger partial charge in [-0.3, -0.25) is 0 Å². The number of halogens is 1. The molecule has 0 bridgehead atoms. The van der Waals surface area contributed by atoms with E-state index >= 15 is 0 Å². The van der Waals surface area contributed by atoms with Crippen molar-refractivity contribution in [1.29, 1.82) is 5.26 Å². The van der Waals surface area contributed by atoms with E-state index in [4.69, 9.17) is 26.4 Å². The summed E-state index contributed by atoms with van der Waals surface area (Å²) in [5.41, 5.74) is 6.69. The Kier molecular flexibility index (Phi) is 6.09. The van der Waals surface area contributed by atoms with Crippen LogP contribution in [-0.2, 0) is 0 Å². The van der Waals surface area contributed by atoms with Crippen LogP contribution in [0.3, 0.4) is 0 Å². The molecule has 6 aromatic rings. The molecule has 0 atom stereocenters. The number of nitriles is 1. The van der Waals surface area contributed by atoms with Crippen LogP contribution in [0.5, 0.6) is 5.75 Å². The summed E-state index contributed by atoms with van der Waals surface area (Å²) < 4.78 is 7.25. The van der Waals surface area contributed by atoms with Gasteiger partial charge < -0.3 is 4.74 Å². The lowest BCUT2D eigenvalue weighted by atomic mass is 9.92. The summed E-state index contributed by atoms with van der Waals surface area (Å²) in [4.78, 5) is 5.10. The van der Waals surface area contributed by atoms with Crippen molar-refractivity contribution in [1.82, 2.24) is 14.8 Å². The van der Waals surface area contributed by atoms with Gasteiger partial charge in [0, 0.05) is 21.7 Å². The molecule has 0 amide bonds. The van der Waals surface area contributed by atoms with Crippen LogP contribution in [0.1, 0.15) is 5.56 Å². The summed E-state index contributed by atoms with van der Waals surface area (Å²) in [7, 11) is 1.64. The number of pyridine rings is 1. The molecule has 0 saturated carbocycles. The summed E-state index contributed by atoms with van der Waals surface area (Å²) in [5.74, 6) is 0.735. The second-order valence-corrected chi connectivity index (χ2v) is 9.15. The van der Waals surface area contributed by atoms with E-state index in [1.807, 2.05) is 102 Å². The van der Waals surface area contributed by atoms with Gasteiger partial charge in [0.15, 0.2) is 5.65 Å². The van der Waals surface area contributed by atoms with Crippen molar-refractivity contribution < 1.29 is 4.74 Å². The third-order valence-corrected chi connectivity index (χ3v) is 6.72. The number of nitrogens with zero attached hydrogens (tertiary/aromatic N) is 4. The number of benzene rings is 4. The van der Waals surface area contributed by atoms with Gasteiger partial charge in [-0.1, -0.05) is 84.4 Å². The standard InChI is InChI=1S/C32H21ClN4O/c1-38-26-18-14-21(15-19-26)28-27(20-34)30(23-12-16-24(33)17-13-23)35-32-29(28)31(22-8-4-2-5-9-22)36-37(32)25-10-6-3-7-11-25/h2-19H,1H3. The van der Waals surface area contributed by atoms with Crippen molar-refractivity contribution in [3.05, 3.63) is 120 Å². The lowest BCUT2D eigenvalue weighted by molar-refractivity contribution is 0.415. The molecule has 0 N–H and O–H groups in total. The van der Waals surface area contributed by atoms with E-state index in [0.717, 1.165) is 44.8 Å². The largest absolute Gasteiger partial charge is 0.497 e. The third-order valence-electron chi connectivity index (χ3n) is 6.47.